The molecule has 0 aromatic carbocycles. The van der Waals surface area contributed by atoms with Gasteiger partial charge in [0.05, 0.1) is 6.61 Å². The predicted molar refractivity (Wildman–Crippen MR) is 78.2 cm³/mol. The maximum Gasteiger partial charge on any atom is 0.200 e. The Balaban J connectivity index is 2.74. The van der Waals surface area contributed by atoms with Crippen LogP contribution in [0, 0.1) is 6.61 Å². The average molecular weight is 289 g/mol. The summed E-state index contributed by atoms with van der Waals surface area (Å²) in [6, 6.07) is 0. The molecular formula is C14H29O4Si. The van der Waals surface area contributed by atoms with E-state index in [2.05, 4.69) is 41.5 Å². The van der Waals surface area contributed by atoms with Crippen LogP contribution in [-0.4, -0.2) is 43.4 Å². The Morgan fingerprint density at radius 3 is 1.84 bits per heavy atom. The van der Waals surface area contributed by atoms with Crippen LogP contribution in [0.1, 0.15) is 41.5 Å². The van der Waals surface area contributed by atoms with Crippen molar-refractivity contribution >= 4 is 8.32 Å². The molecule has 1 rings (SSSR count). The van der Waals surface area contributed by atoms with Gasteiger partial charge < -0.3 is 19.4 Å². The lowest BCUT2D eigenvalue weighted by Crippen LogP contribution is -2.50. The van der Waals surface area contributed by atoms with Crippen LogP contribution >= 0.6 is 0 Å². The molecule has 1 aliphatic rings. The van der Waals surface area contributed by atoms with Crippen LogP contribution in [0.2, 0.25) is 16.6 Å². The Labute approximate surface area is 118 Å². The molecule has 1 fully saturated rings. The summed E-state index contributed by atoms with van der Waals surface area (Å²) in [5.41, 5.74) is 1.50. The molecule has 1 aliphatic heterocycles. The molecule has 3 atom stereocenters. The zero-order valence-electron chi connectivity index (χ0n) is 13.0. The lowest BCUT2D eigenvalue weighted by atomic mass is 10.2. The van der Waals surface area contributed by atoms with Gasteiger partial charge in [0.2, 0.25) is 0 Å². The van der Waals surface area contributed by atoms with Gasteiger partial charge in [-0.3, -0.25) is 0 Å². The fraction of sp³-hybridized carbons (Fsp3) is 0.929. The normalized spacial score (nSPS) is 28.9. The third kappa shape index (κ3) is 3.39. The van der Waals surface area contributed by atoms with Gasteiger partial charge in [0.15, 0.2) is 8.32 Å². The van der Waals surface area contributed by atoms with Crippen LogP contribution in [0.4, 0.5) is 0 Å². The number of ether oxygens (including phenoxy) is 1. The van der Waals surface area contributed by atoms with Crippen molar-refractivity contribution in [3.63, 3.8) is 0 Å². The SMILES string of the molecule is CC(C)[Si](OCC1O[CH]C(O)C1O)(C(C)C)C(C)C. The van der Waals surface area contributed by atoms with Crippen LogP contribution in [0.15, 0.2) is 0 Å². The number of rotatable bonds is 6. The second kappa shape index (κ2) is 6.67. The van der Waals surface area contributed by atoms with E-state index >= 15 is 0 Å². The topological polar surface area (TPSA) is 58.9 Å². The number of hydrogen-bond acceptors (Lipinski definition) is 4. The fourth-order valence-corrected chi connectivity index (χ4v) is 8.88. The highest BCUT2D eigenvalue weighted by atomic mass is 28.4. The molecule has 5 heteroatoms. The molecule has 0 aromatic rings. The summed E-state index contributed by atoms with van der Waals surface area (Å²) in [5.74, 6) is 0. The fourth-order valence-electron chi connectivity index (χ4n) is 3.43. The second-order valence-electron chi connectivity index (χ2n) is 6.42. The molecule has 0 aliphatic carbocycles. The molecule has 0 spiro atoms. The first-order chi connectivity index (χ1) is 8.73. The average Bonchev–Trinajstić information content (AvgIpc) is 2.60. The van der Waals surface area contributed by atoms with Crippen LogP contribution in [0.3, 0.4) is 0 Å². The maximum atomic E-state index is 9.80. The monoisotopic (exact) mass is 289 g/mol. The molecule has 2 N–H and O–H groups in total. The molecule has 0 saturated carbocycles. The number of aliphatic hydroxyl groups is 2. The maximum absolute atomic E-state index is 9.80. The van der Waals surface area contributed by atoms with Gasteiger partial charge in [-0.05, 0) is 16.6 Å². The van der Waals surface area contributed by atoms with Gasteiger partial charge in [0, 0.05) is 0 Å². The van der Waals surface area contributed by atoms with Gasteiger partial charge in [0.1, 0.15) is 24.9 Å². The molecule has 0 aromatic heterocycles. The first-order valence-corrected chi connectivity index (χ1v) is 9.36. The molecule has 3 unspecified atom stereocenters. The first-order valence-electron chi connectivity index (χ1n) is 7.22. The van der Waals surface area contributed by atoms with Gasteiger partial charge in [-0.2, -0.15) is 0 Å². The van der Waals surface area contributed by atoms with Gasteiger partial charge in [-0.1, -0.05) is 41.5 Å². The van der Waals surface area contributed by atoms with Crippen molar-refractivity contribution in [1.29, 1.82) is 0 Å². The Hall–Kier alpha value is 0.0569. The highest BCUT2D eigenvalue weighted by Crippen LogP contribution is 2.42. The molecule has 1 heterocycles. The largest absolute Gasteiger partial charge is 0.413 e. The molecule has 1 radical (unpaired) electrons. The summed E-state index contributed by atoms with van der Waals surface area (Å²) >= 11 is 0. The summed E-state index contributed by atoms with van der Waals surface area (Å²) < 4.78 is 11.6. The molecule has 4 nitrogen and oxygen atoms in total. The lowest BCUT2D eigenvalue weighted by Gasteiger charge is -2.42. The van der Waals surface area contributed by atoms with Crippen LogP contribution in [0.5, 0.6) is 0 Å². The number of aliphatic hydroxyl groups excluding tert-OH is 2. The van der Waals surface area contributed by atoms with Crippen LogP contribution < -0.4 is 0 Å². The van der Waals surface area contributed by atoms with Crippen molar-refractivity contribution in [3.8, 4) is 0 Å². The molecule has 1 saturated heterocycles. The Kier molecular flexibility index (Phi) is 6.01. The summed E-state index contributed by atoms with van der Waals surface area (Å²) in [7, 11) is -1.93. The van der Waals surface area contributed by atoms with E-state index < -0.39 is 26.6 Å². The van der Waals surface area contributed by atoms with Crippen LogP contribution in [-0.2, 0) is 9.16 Å². The van der Waals surface area contributed by atoms with E-state index in [4.69, 9.17) is 9.16 Å². The van der Waals surface area contributed by atoms with Gasteiger partial charge in [-0.25, -0.2) is 0 Å². The van der Waals surface area contributed by atoms with Crippen molar-refractivity contribution in [3.05, 3.63) is 6.61 Å². The van der Waals surface area contributed by atoms with Gasteiger partial charge in [-0.15, -0.1) is 0 Å². The van der Waals surface area contributed by atoms with Crippen molar-refractivity contribution < 1.29 is 19.4 Å². The van der Waals surface area contributed by atoms with Gasteiger partial charge in [0.25, 0.3) is 0 Å². The van der Waals surface area contributed by atoms with E-state index in [0.29, 0.717) is 23.2 Å². The Morgan fingerprint density at radius 1 is 1.05 bits per heavy atom. The number of hydrogen-bond donors (Lipinski definition) is 2. The van der Waals surface area contributed by atoms with Gasteiger partial charge >= 0.3 is 0 Å². The third-order valence-electron chi connectivity index (χ3n) is 4.33. The van der Waals surface area contributed by atoms with E-state index in [1.807, 2.05) is 0 Å². The summed E-state index contributed by atoms with van der Waals surface area (Å²) in [5, 5.41) is 19.2. The van der Waals surface area contributed by atoms with E-state index in [1.165, 1.54) is 6.61 Å². The first kappa shape index (κ1) is 17.1. The third-order valence-corrected chi connectivity index (χ3v) is 10.4. The predicted octanol–water partition coefficient (Wildman–Crippen LogP) is 2.46. The standard InChI is InChI=1S/C14H29O4Si/c1-9(2)19(10(3)4,11(5)6)18-8-13-14(16)12(15)7-17-13/h7,9-16H,8H2,1-6H3. The molecular weight excluding hydrogens is 260 g/mol. The minimum atomic E-state index is -1.93. The smallest absolute Gasteiger partial charge is 0.200 e. The Morgan fingerprint density at radius 2 is 1.53 bits per heavy atom. The molecule has 113 valence electrons. The zero-order valence-corrected chi connectivity index (χ0v) is 14.0. The summed E-state index contributed by atoms with van der Waals surface area (Å²) in [6.07, 6.45) is -2.22. The summed E-state index contributed by atoms with van der Waals surface area (Å²) in [4.78, 5) is 0. The highest BCUT2D eigenvalue weighted by molar-refractivity contribution is 6.77. The summed E-state index contributed by atoms with van der Waals surface area (Å²) in [6.45, 7) is 15.0. The minimum absolute atomic E-state index is 0.357. The van der Waals surface area contributed by atoms with Crippen molar-refractivity contribution in [2.75, 3.05) is 6.61 Å². The van der Waals surface area contributed by atoms with E-state index in [0.717, 1.165) is 0 Å². The van der Waals surface area contributed by atoms with E-state index in [9.17, 15) is 10.2 Å². The Bertz CT molecular complexity index is 259. The second-order valence-corrected chi connectivity index (χ2v) is 11.9. The lowest BCUT2D eigenvalue weighted by molar-refractivity contribution is -0.00125. The van der Waals surface area contributed by atoms with Crippen molar-refractivity contribution in [2.45, 2.75) is 76.5 Å². The zero-order chi connectivity index (χ0) is 14.8. The van der Waals surface area contributed by atoms with Crippen molar-refractivity contribution in [1.82, 2.24) is 0 Å². The highest BCUT2D eigenvalue weighted by Gasteiger charge is 2.46. The van der Waals surface area contributed by atoms with E-state index in [1.54, 1.807) is 0 Å². The van der Waals surface area contributed by atoms with E-state index in [-0.39, 0.29) is 0 Å². The minimum Gasteiger partial charge on any atom is -0.413 e. The van der Waals surface area contributed by atoms with Crippen molar-refractivity contribution in [2.24, 2.45) is 0 Å². The molecule has 0 amide bonds. The molecule has 0 bridgehead atoms. The van der Waals surface area contributed by atoms with Crippen LogP contribution in [0.25, 0.3) is 0 Å². The molecule has 19 heavy (non-hydrogen) atoms. The quantitative estimate of drug-likeness (QED) is 0.738.